The standard InChI is InChI=1S/C12H24N2O3/c1-9(17-13)12(7-5-6-8-12)14-10(15)16-11(2,3)4/h9H,5-8,13H2,1-4H3,(H,14,15). The minimum atomic E-state index is -0.489. The van der Waals surface area contributed by atoms with Crippen LogP contribution in [0.3, 0.4) is 0 Å². The van der Waals surface area contributed by atoms with Gasteiger partial charge in [-0.15, -0.1) is 0 Å². The molecule has 0 aromatic heterocycles. The highest BCUT2D eigenvalue weighted by Crippen LogP contribution is 2.33. The lowest BCUT2D eigenvalue weighted by Crippen LogP contribution is -2.56. The second kappa shape index (κ2) is 5.23. The van der Waals surface area contributed by atoms with E-state index < -0.39 is 11.7 Å². The lowest BCUT2D eigenvalue weighted by Gasteiger charge is -2.35. The van der Waals surface area contributed by atoms with Crippen LogP contribution in [0.5, 0.6) is 0 Å². The van der Waals surface area contributed by atoms with Gasteiger partial charge in [0.05, 0.1) is 11.6 Å². The Hall–Kier alpha value is -0.810. The minimum Gasteiger partial charge on any atom is -0.444 e. The zero-order valence-corrected chi connectivity index (χ0v) is 11.2. The number of ether oxygens (including phenoxy) is 1. The monoisotopic (exact) mass is 244 g/mol. The number of carbonyl (C=O) groups is 1. The van der Waals surface area contributed by atoms with E-state index in [9.17, 15) is 4.79 Å². The summed E-state index contributed by atoms with van der Waals surface area (Å²) >= 11 is 0. The molecule has 17 heavy (non-hydrogen) atoms. The molecule has 0 aliphatic heterocycles. The molecule has 1 aliphatic carbocycles. The fraction of sp³-hybridized carbons (Fsp3) is 0.917. The summed E-state index contributed by atoms with van der Waals surface area (Å²) in [5.41, 5.74) is -0.867. The van der Waals surface area contributed by atoms with E-state index in [1.807, 2.05) is 27.7 Å². The van der Waals surface area contributed by atoms with Crippen molar-refractivity contribution in [1.29, 1.82) is 0 Å². The van der Waals surface area contributed by atoms with Gasteiger partial charge in [0, 0.05) is 0 Å². The highest BCUT2D eigenvalue weighted by molar-refractivity contribution is 5.69. The molecule has 0 saturated heterocycles. The van der Waals surface area contributed by atoms with Crippen molar-refractivity contribution in [1.82, 2.24) is 5.32 Å². The Morgan fingerprint density at radius 1 is 1.35 bits per heavy atom. The van der Waals surface area contributed by atoms with Crippen molar-refractivity contribution in [3.05, 3.63) is 0 Å². The Balaban J connectivity index is 2.65. The van der Waals surface area contributed by atoms with Crippen molar-refractivity contribution >= 4 is 6.09 Å². The maximum absolute atomic E-state index is 11.8. The van der Waals surface area contributed by atoms with Crippen LogP contribution in [0.4, 0.5) is 4.79 Å². The summed E-state index contributed by atoms with van der Waals surface area (Å²) in [4.78, 5) is 16.7. The Morgan fingerprint density at radius 2 is 1.88 bits per heavy atom. The topological polar surface area (TPSA) is 73.6 Å². The van der Waals surface area contributed by atoms with E-state index in [4.69, 9.17) is 15.5 Å². The minimum absolute atomic E-state index is 0.211. The number of nitrogens with two attached hydrogens (primary N) is 1. The summed E-state index contributed by atoms with van der Waals surface area (Å²) in [6.45, 7) is 7.41. The Labute approximate surface area is 103 Å². The second-order valence-electron chi connectivity index (χ2n) is 5.77. The highest BCUT2D eigenvalue weighted by atomic mass is 16.6. The van der Waals surface area contributed by atoms with Crippen LogP contribution in [0, 0.1) is 0 Å². The van der Waals surface area contributed by atoms with Crippen molar-refractivity contribution in [2.45, 2.75) is 70.6 Å². The number of hydrogen-bond acceptors (Lipinski definition) is 4. The average molecular weight is 244 g/mol. The number of alkyl carbamates (subject to hydrolysis) is 1. The Bertz CT molecular complexity index is 267. The molecule has 5 heteroatoms. The molecule has 0 aromatic rings. The van der Waals surface area contributed by atoms with Crippen LogP contribution in [0.25, 0.3) is 0 Å². The van der Waals surface area contributed by atoms with E-state index in [0.717, 1.165) is 25.7 Å². The zero-order chi connectivity index (χ0) is 13.1. The number of rotatable bonds is 3. The largest absolute Gasteiger partial charge is 0.444 e. The van der Waals surface area contributed by atoms with Gasteiger partial charge in [0.25, 0.3) is 0 Å². The maximum Gasteiger partial charge on any atom is 0.408 e. The third-order valence-corrected chi connectivity index (χ3v) is 3.23. The summed E-state index contributed by atoms with van der Waals surface area (Å²) in [5.74, 6) is 5.25. The smallest absolute Gasteiger partial charge is 0.408 e. The number of nitrogens with one attached hydrogen (secondary N) is 1. The molecule has 0 bridgehead atoms. The molecular weight excluding hydrogens is 220 g/mol. The lowest BCUT2D eigenvalue weighted by atomic mass is 9.91. The summed E-state index contributed by atoms with van der Waals surface area (Å²) in [5, 5.41) is 2.93. The molecule has 1 amide bonds. The van der Waals surface area contributed by atoms with Crippen LogP contribution in [0.1, 0.15) is 53.4 Å². The van der Waals surface area contributed by atoms with Crippen molar-refractivity contribution < 1.29 is 14.4 Å². The first-order valence-corrected chi connectivity index (χ1v) is 6.16. The Morgan fingerprint density at radius 3 is 2.29 bits per heavy atom. The average Bonchev–Trinajstić information content (AvgIpc) is 2.63. The van der Waals surface area contributed by atoms with Gasteiger partial charge in [0.15, 0.2) is 0 Å². The van der Waals surface area contributed by atoms with Crippen LogP contribution in [-0.2, 0) is 9.57 Å². The van der Waals surface area contributed by atoms with Gasteiger partial charge in [-0.3, -0.25) is 4.84 Å². The lowest BCUT2D eigenvalue weighted by molar-refractivity contribution is -0.0125. The van der Waals surface area contributed by atoms with E-state index in [2.05, 4.69) is 5.32 Å². The highest BCUT2D eigenvalue weighted by Gasteiger charge is 2.42. The van der Waals surface area contributed by atoms with E-state index >= 15 is 0 Å². The SMILES string of the molecule is CC(ON)C1(NC(=O)OC(C)(C)C)CCCC1. The van der Waals surface area contributed by atoms with Crippen molar-refractivity contribution in [3.8, 4) is 0 Å². The molecule has 1 saturated carbocycles. The van der Waals surface area contributed by atoms with E-state index in [1.54, 1.807) is 0 Å². The first-order chi connectivity index (χ1) is 7.79. The van der Waals surface area contributed by atoms with Gasteiger partial charge in [-0.1, -0.05) is 12.8 Å². The zero-order valence-electron chi connectivity index (χ0n) is 11.2. The molecule has 1 aliphatic rings. The molecule has 0 heterocycles. The van der Waals surface area contributed by atoms with Crippen molar-refractivity contribution in [2.75, 3.05) is 0 Å². The maximum atomic E-state index is 11.8. The molecule has 1 fully saturated rings. The molecule has 5 nitrogen and oxygen atoms in total. The van der Waals surface area contributed by atoms with E-state index in [-0.39, 0.29) is 11.6 Å². The van der Waals surface area contributed by atoms with Gasteiger partial charge in [0.2, 0.25) is 0 Å². The van der Waals surface area contributed by atoms with Crippen LogP contribution >= 0.6 is 0 Å². The molecule has 0 spiro atoms. The fourth-order valence-electron chi connectivity index (χ4n) is 2.28. The predicted octanol–water partition coefficient (Wildman–Crippen LogP) is 2.10. The van der Waals surface area contributed by atoms with Crippen molar-refractivity contribution in [2.24, 2.45) is 5.90 Å². The van der Waals surface area contributed by atoms with Gasteiger partial charge in [-0.25, -0.2) is 10.7 Å². The van der Waals surface area contributed by atoms with Gasteiger partial charge in [0.1, 0.15) is 5.60 Å². The van der Waals surface area contributed by atoms with E-state index in [0.29, 0.717) is 0 Å². The normalized spacial score (nSPS) is 21.0. The van der Waals surface area contributed by atoms with Gasteiger partial charge in [-0.05, 0) is 40.5 Å². The molecule has 1 atom stereocenters. The quantitative estimate of drug-likeness (QED) is 0.746. The molecular formula is C12H24N2O3. The van der Waals surface area contributed by atoms with Crippen molar-refractivity contribution in [3.63, 3.8) is 0 Å². The van der Waals surface area contributed by atoms with E-state index in [1.165, 1.54) is 0 Å². The Kier molecular flexibility index (Phi) is 4.38. The van der Waals surface area contributed by atoms with Gasteiger partial charge >= 0.3 is 6.09 Å². The molecule has 1 rings (SSSR count). The molecule has 0 radical (unpaired) electrons. The molecule has 1 unspecified atom stereocenters. The third kappa shape index (κ3) is 3.85. The second-order valence-corrected chi connectivity index (χ2v) is 5.77. The van der Waals surface area contributed by atoms with Gasteiger partial charge < -0.3 is 10.1 Å². The summed E-state index contributed by atoms with van der Waals surface area (Å²) in [6.07, 6.45) is 3.29. The molecule has 3 N–H and O–H groups in total. The summed E-state index contributed by atoms with van der Waals surface area (Å²) < 4.78 is 5.27. The van der Waals surface area contributed by atoms with Crippen LogP contribution < -0.4 is 11.2 Å². The number of amides is 1. The first-order valence-electron chi connectivity index (χ1n) is 6.16. The summed E-state index contributed by atoms with van der Waals surface area (Å²) in [7, 11) is 0. The van der Waals surface area contributed by atoms with Crippen LogP contribution in [0.2, 0.25) is 0 Å². The van der Waals surface area contributed by atoms with Crippen LogP contribution in [-0.4, -0.2) is 23.3 Å². The molecule has 0 aromatic carbocycles. The predicted molar refractivity (Wildman–Crippen MR) is 65.3 cm³/mol. The number of hydrogen-bond donors (Lipinski definition) is 2. The number of carbonyl (C=O) groups excluding carboxylic acids is 1. The fourth-order valence-corrected chi connectivity index (χ4v) is 2.28. The van der Waals surface area contributed by atoms with Gasteiger partial charge in [-0.2, -0.15) is 0 Å². The third-order valence-electron chi connectivity index (χ3n) is 3.23. The first kappa shape index (κ1) is 14.3. The van der Waals surface area contributed by atoms with Crippen LogP contribution in [0.15, 0.2) is 0 Å². The molecule has 100 valence electrons. The summed E-state index contributed by atoms with van der Waals surface area (Å²) in [6, 6.07) is 0.